The quantitative estimate of drug-likeness (QED) is 0.159. The molecule has 11 nitrogen and oxygen atoms in total. The van der Waals surface area contributed by atoms with E-state index in [0.29, 0.717) is 57.7 Å². The number of carbonyl (C=O) groups excluding carboxylic acids is 2. The van der Waals surface area contributed by atoms with E-state index >= 15 is 0 Å². The van der Waals surface area contributed by atoms with Crippen LogP contribution in [0.2, 0.25) is 0 Å². The van der Waals surface area contributed by atoms with Crippen molar-refractivity contribution >= 4 is 34.5 Å². The third-order valence-electron chi connectivity index (χ3n) is 7.77. The van der Waals surface area contributed by atoms with Gasteiger partial charge in [-0.25, -0.2) is 4.98 Å². The van der Waals surface area contributed by atoms with Crippen LogP contribution in [0.1, 0.15) is 27.0 Å². The summed E-state index contributed by atoms with van der Waals surface area (Å²) in [5.41, 5.74) is 3.48. The second kappa shape index (κ2) is 13.5. The Morgan fingerprint density at radius 1 is 0.766 bits per heavy atom. The number of benzene rings is 4. The Morgan fingerprint density at radius 3 is 2.26 bits per heavy atom. The van der Waals surface area contributed by atoms with Crippen LogP contribution in [-0.4, -0.2) is 47.2 Å². The molecule has 2 amide bonds. The second-order valence-corrected chi connectivity index (χ2v) is 11.9. The van der Waals surface area contributed by atoms with Gasteiger partial charge in [0.25, 0.3) is 11.5 Å². The molecule has 5 aromatic rings. The number of amides is 2. The number of hydrogen-bond acceptors (Lipinski definition) is 9. The molecule has 0 aliphatic carbocycles. The van der Waals surface area contributed by atoms with Crippen molar-refractivity contribution in [3.8, 4) is 23.0 Å². The van der Waals surface area contributed by atoms with Crippen molar-refractivity contribution < 1.29 is 28.5 Å². The van der Waals surface area contributed by atoms with E-state index in [1.54, 1.807) is 41.0 Å². The van der Waals surface area contributed by atoms with E-state index in [9.17, 15) is 14.4 Å². The van der Waals surface area contributed by atoms with E-state index in [1.165, 1.54) is 11.8 Å². The van der Waals surface area contributed by atoms with Crippen molar-refractivity contribution in [2.45, 2.75) is 24.7 Å². The number of ether oxygens (including phenoxy) is 4. The van der Waals surface area contributed by atoms with Crippen LogP contribution in [0, 0.1) is 0 Å². The van der Waals surface area contributed by atoms with Gasteiger partial charge in [-0.1, -0.05) is 60.3 Å². The van der Waals surface area contributed by atoms with Crippen LogP contribution in [0.15, 0.2) is 94.9 Å². The molecule has 0 atom stereocenters. The van der Waals surface area contributed by atoms with Crippen LogP contribution in [0.5, 0.6) is 23.0 Å². The van der Waals surface area contributed by atoms with Gasteiger partial charge in [0.15, 0.2) is 28.2 Å². The number of thioether (sulfide) groups is 1. The lowest BCUT2D eigenvalue weighted by molar-refractivity contribution is -0.118. The minimum absolute atomic E-state index is 0.0707. The molecular weight excluding hydrogens is 620 g/mol. The van der Waals surface area contributed by atoms with E-state index in [-0.39, 0.29) is 43.3 Å². The summed E-state index contributed by atoms with van der Waals surface area (Å²) in [6.45, 7) is 1.28. The number of aromatic nitrogens is 2. The van der Waals surface area contributed by atoms with Gasteiger partial charge in [-0.2, -0.15) is 0 Å². The maximum atomic E-state index is 13.8. The molecule has 0 spiro atoms. The molecule has 1 aromatic heterocycles. The Morgan fingerprint density at radius 2 is 1.47 bits per heavy atom. The van der Waals surface area contributed by atoms with Crippen LogP contribution in [-0.2, 0) is 24.3 Å². The molecule has 7 rings (SSSR count). The van der Waals surface area contributed by atoms with Gasteiger partial charge in [0.1, 0.15) is 0 Å². The molecule has 2 aliphatic rings. The van der Waals surface area contributed by atoms with Crippen molar-refractivity contribution in [2.75, 3.05) is 25.9 Å². The number of nitrogens with zero attached hydrogens (tertiary/aromatic N) is 2. The van der Waals surface area contributed by atoms with Gasteiger partial charge < -0.3 is 29.6 Å². The topological polar surface area (TPSA) is 130 Å². The first-order chi connectivity index (χ1) is 23.0. The maximum absolute atomic E-state index is 13.8. The summed E-state index contributed by atoms with van der Waals surface area (Å²) in [5.74, 6) is 2.04. The zero-order valence-electron chi connectivity index (χ0n) is 25.2. The minimum Gasteiger partial charge on any atom is -0.454 e. The monoisotopic (exact) mass is 650 g/mol. The largest absolute Gasteiger partial charge is 0.454 e. The normalized spacial score (nSPS) is 12.7. The summed E-state index contributed by atoms with van der Waals surface area (Å²) in [6.07, 6.45) is 0.718. The van der Waals surface area contributed by atoms with E-state index in [4.69, 9.17) is 23.9 Å². The SMILES string of the molecule is O=C(CSc1nc2cc3c(cc2c(=O)n1Cc1ccc(C(=O)NCc2ccc4c(c2)OCO4)cc1)OCO3)NCCc1ccccc1. The molecule has 12 heteroatoms. The molecule has 0 bridgehead atoms. The van der Waals surface area contributed by atoms with Gasteiger partial charge in [-0.05, 0) is 53.4 Å². The highest BCUT2D eigenvalue weighted by atomic mass is 32.2. The van der Waals surface area contributed by atoms with E-state index in [0.717, 1.165) is 23.1 Å². The molecular formula is C35H30N4O7S. The van der Waals surface area contributed by atoms with Crippen molar-refractivity contribution in [1.82, 2.24) is 20.2 Å². The van der Waals surface area contributed by atoms with Crippen LogP contribution in [0.25, 0.3) is 10.9 Å². The Labute approximate surface area is 273 Å². The first-order valence-corrected chi connectivity index (χ1v) is 16.0. The van der Waals surface area contributed by atoms with Crippen molar-refractivity contribution in [3.05, 3.63) is 118 Å². The fraction of sp³-hybridized carbons (Fsp3) is 0.200. The Balaban J connectivity index is 1.05. The minimum atomic E-state index is -0.272. The lowest BCUT2D eigenvalue weighted by atomic mass is 10.1. The average molecular weight is 651 g/mol. The standard InChI is InChI=1S/C35H30N4O7S/c40-32(36-13-12-22-4-2-1-3-5-22)19-47-35-38-27-16-31-30(45-21-46-31)15-26(27)34(42)39(35)18-23-6-9-25(10-7-23)33(41)37-17-24-8-11-28-29(14-24)44-20-43-28/h1-11,14-16H,12-13,17-21H2,(H,36,40)(H,37,41). The first-order valence-electron chi connectivity index (χ1n) is 15.0. The highest BCUT2D eigenvalue weighted by molar-refractivity contribution is 7.99. The third-order valence-corrected chi connectivity index (χ3v) is 8.75. The van der Waals surface area contributed by atoms with Gasteiger partial charge in [-0.15, -0.1) is 0 Å². The van der Waals surface area contributed by atoms with E-state index in [1.807, 2.05) is 48.5 Å². The fourth-order valence-electron chi connectivity index (χ4n) is 5.29. The predicted molar refractivity (Wildman–Crippen MR) is 175 cm³/mol. The van der Waals surface area contributed by atoms with Crippen LogP contribution >= 0.6 is 11.8 Å². The van der Waals surface area contributed by atoms with Gasteiger partial charge in [0.2, 0.25) is 19.5 Å². The van der Waals surface area contributed by atoms with Crippen LogP contribution in [0.3, 0.4) is 0 Å². The fourth-order valence-corrected chi connectivity index (χ4v) is 6.12. The number of hydrogen-bond donors (Lipinski definition) is 2. The molecule has 0 saturated carbocycles. The smallest absolute Gasteiger partial charge is 0.262 e. The van der Waals surface area contributed by atoms with Gasteiger partial charge in [0.05, 0.1) is 23.2 Å². The summed E-state index contributed by atoms with van der Waals surface area (Å²) in [6, 6.07) is 25.8. The lowest BCUT2D eigenvalue weighted by Crippen LogP contribution is -2.28. The van der Waals surface area contributed by atoms with E-state index < -0.39 is 0 Å². The molecule has 0 fully saturated rings. The molecule has 0 unspecified atom stereocenters. The van der Waals surface area contributed by atoms with Gasteiger partial charge in [0, 0.05) is 24.7 Å². The zero-order chi connectivity index (χ0) is 32.2. The predicted octanol–water partition coefficient (Wildman–Crippen LogP) is 4.28. The zero-order valence-corrected chi connectivity index (χ0v) is 26.0. The number of fused-ring (bicyclic) bond motifs is 3. The number of carbonyl (C=O) groups is 2. The first kappa shape index (κ1) is 30.2. The number of nitrogens with one attached hydrogen (secondary N) is 2. The molecule has 4 aromatic carbocycles. The molecule has 47 heavy (non-hydrogen) atoms. The van der Waals surface area contributed by atoms with Gasteiger partial charge >= 0.3 is 0 Å². The van der Waals surface area contributed by atoms with Crippen molar-refractivity contribution in [1.29, 1.82) is 0 Å². The Kier molecular flexibility index (Phi) is 8.65. The third kappa shape index (κ3) is 6.87. The highest BCUT2D eigenvalue weighted by Gasteiger charge is 2.20. The summed E-state index contributed by atoms with van der Waals surface area (Å²) in [5, 5.41) is 6.64. The highest BCUT2D eigenvalue weighted by Crippen LogP contribution is 2.35. The Hall–Kier alpha value is -5.49. The number of rotatable bonds is 11. The summed E-state index contributed by atoms with van der Waals surface area (Å²) in [4.78, 5) is 44.2. The van der Waals surface area contributed by atoms with Gasteiger partial charge in [-0.3, -0.25) is 19.0 Å². The molecule has 0 radical (unpaired) electrons. The summed E-state index contributed by atoms with van der Waals surface area (Å²) in [7, 11) is 0. The maximum Gasteiger partial charge on any atom is 0.262 e. The lowest BCUT2D eigenvalue weighted by Gasteiger charge is -2.14. The Bertz CT molecular complexity index is 2020. The second-order valence-electron chi connectivity index (χ2n) is 10.9. The van der Waals surface area contributed by atoms with Crippen LogP contribution in [0.4, 0.5) is 0 Å². The molecule has 2 aliphatic heterocycles. The summed E-state index contributed by atoms with van der Waals surface area (Å²) >= 11 is 1.19. The summed E-state index contributed by atoms with van der Waals surface area (Å²) < 4.78 is 23.3. The molecule has 2 N–H and O–H groups in total. The average Bonchev–Trinajstić information content (AvgIpc) is 3.77. The van der Waals surface area contributed by atoms with Crippen LogP contribution < -0.4 is 35.1 Å². The van der Waals surface area contributed by atoms with Crippen molar-refractivity contribution in [2.24, 2.45) is 0 Å². The molecule has 0 saturated heterocycles. The molecule has 3 heterocycles. The van der Waals surface area contributed by atoms with E-state index in [2.05, 4.69) is 10.6 Å². The molecule has 238 valence electrons. The van der Waals surface area contributed by atoms with Crippen molar-refractivity contribution in [3.63, 3.8) is 0 Å².